The second-order valence-corrected chi connectivity index (χ2v) is 5.09. The number of hydrogen-bond acceptors (Lipinski definition) is 2. The van der Waals surface area contributed by atoms with Crippen LogP contribution in [0.1, 0.15) is 45.4 Å². The lowest BCUT2D eigenvalue weighted by atomic mass is 9.95. The van der Waals surface area contributed by atoms with E-state index in [0.29, 0.717) is 17.9 Å². The SMILES string of the molecule is CCN(C(=O)C1CCNCC1)C1CCCC1.Cl. The minimum Gasteiger partial charge on any atom is -0.340 e. The molecule has 0 atom stereocenters. The molecule has 2 rings (SSSR count). The van der Waals surface area contributed by atoms with E-state index in [1.54, 1.807) is 0 Å². The molecule has 0 aromatic rings. The fourth-order valence-electron chi connectivity index (χ4n) is 3.11. The monoisotopic (exact) mass is 260 g/mol. The molecular formula is C13H25ClN2O. The molecule has 1 heterocycles. The van der Waals surface area contributed by atoms with E-state index in [4.69, 9.17) is 0 Å². The Morgan fingerprint density at radius 2 is 1.76 bits per heavy atom. The number of nitrogens with zero attached hydrogens (tertiary/aromatic N) is 1. The largest absolute Gasteiger partial charge is 0.340 e. The van der Waals surface area contributed by atoms with Crippen molar-refractivity contribution >= 4 is 18.3 Å². The summed E-state index contributed by atoms with van der Waals surface area (Å²) in [5.74, 6) is 0.720. The summed E-state index contributed by atoms with van der Waals surface area (Å²) in [6.45, 7) is 5.04. The van der Waals surface area contributed by atoms with E-state index in [2.05, 4.69) is 17.1 Å². The lowest BCUT2D eigenvalue weighted by molar-refractivity contribution is -0.138. The second kappa shape index (κ2) is 7.22. The summed E-state index contributed by atoms with van der Waals surface area (Å²) in [6.07, 6.45) is 7.13. The molecule has 17 heavy (non-hydrogen) atoms. The van der Waals surface area contributed by atoms with Crippen molar-refractivity contribution in [2.75, 3.05) is 19.6 Å². The van der Waals surface area contributed by atoms with Crippen LogP contribution in [-0.4, -0.2) is 36.5 Å². The first-order valence-electron chi connectivity index (χ1n) is 6.84. The summed E-state index contributed by atoms with van der Waals surface area (Å²) in [5.41, 5.74) is 0. The molecule has 1 aliphatic carbocycles. The molecule has 0 aromatic heterocycles. The number of rotatable bonds is 3. The number of hydrogen-bond donors (Lipinski definition) is 1. The lowest BCUT2D eigenvalue weighted by Gasteiger charge is -2.33. The third kappa shape index (κ3) is 3.59. The molecule has 1 amide bonds. The van der Waals surface area contributed by atoms with E-state index in [1.807, 2.05) is 0 Å². The zero-order valence-corrected chi connectivity index (χ0v) is 11.6. The van der Waals surface area contributed by atoms with Crippen molar-refractivity contribution in [1.29, 1.82) is 0 Å². The van der Waals surface area contributed by atoms with Gasteiger partial charge < -0.3 is 10.2 Å². The summed E-state index contributed by atoms with van der Waals surface area (Å²) in [7, 11) is 0. The Morgan fingerprint density at radius 1 is 1.18 bits per heavy atom. The molecule has 0 radical (unpaired) electrons. The second-order valence-electron chi connectivity index (χ2n) is 5.09. The molecule has 1 N–H and O–H groups in total. The first-order chi connectivity index (χ1) is 7.83. The number of carbonyl (C=O) groups is 1. The van der Waals surface area contributed by atoms with E-state index in [0.717, 1.165) is 32.5 Å². The Hall–Kier alpha value is -0.280. The van der Waals surface area contributed by atoms with Gasteiger partial charge in [0.25, 0.3) is 0 Å². The number of amides is 1. The van der Waals surface area contributed by atoms with E-state index in [1.165, 1.54) is 25.7 Å². The highest BCUT2D eigenvalue weighted by Crippen LogP contribution is 2.26. The molecule has 1 saturated carbocycles. The van der Waals surface area contributed by atoms with Crippen LogP contribution in [0.25, 0.3) is 0 Å². The predicted molar refractivity (Wildman–Crippen MR) is 72.5 cm³/mol. The molecule has 1 saturated heterocycles. The minimum absolute atomic E-state index is 0. The molecular weight excluding hydrogens is 236 g/mol. The maximum atomic E-state index is 12.4. The maximum Gasteiger partial charge on any atom is 0.226 e. The van der Waals surface area contributed by atoms with Crippen LogP contribution in [0.15, 0.2) is 0 Å². The normalized spacial score (nSPS) is 22.2. The van der Waals surface area contributed by atoms with Crippen molar-refractivity contribution in [3.8, 4) is 0 Å². The third-order valence-electron chi connectivity index (χ3n) is 4.08. The number of halogens is 1. The molecule has 4 heteroatoms. The Labute approximate surface area is 111 Å². The van der Waals surface area contributed by atoms with Gasteiger partial charge in [-0.15, -0.1) is 12.4 Å². The van der Waals surface area contributed by atoms with Gasteiger partial charge in [-0.2, -0.15) is 0 Å². The number of nitrogens with one attached hydrogen (secondary N) is 1. The van der Waals surface area contributed by atoms with Gasteiger partial charge >= 0.3 is 0 Å². The van der Waals surface area contributed by atoms with Gasteiger partial charge in [0, 0.05) is 18.5 Å². The Bertz CT molecular complexity index is 236. The lowest BCUT2D eigenvalue weighted by Crippen LogP contribution is -2.45. The van der Waals surface area contributed by atoms with Crippen LogP contribution < -0.4 is 5.32 Å². The molecule has 0 aromatic carbocycles. The summed E-state index contributed by atoms with van der Waals surface area (Å²) < 4.78 is 0. The third-order valence-corrected chi connectivity index (χ3v) is 4.08. The van der Waals surface area contributed by atoms with Crippen molar-refractivity contribution < 1.29 is 4.79 Å². The average molecular weight is 261 g/mol. The van der Waals surface area contributed by atoms with Gasteiger partial charge in [-0.3, -0.25) is 4.79 Å². The zero-order chi connectivity index (χ0) is 11.4. The van der Waals surface area contributed by atoms with Crippen LogP contribution in [-0.2, 0) is 4.79 Å². The van der Waals surface area contributed by atoms with Crippen molar-refractivity contribution in [2.24, 2.45) is 5.92 Å². The van der Waals surface area contributed by atoms with Crippen molar-refractivity contribution in [3.05, 3.63) is 0 Å². The molecule has 2 fully saturated rings. The van der Waals surface area contributed by atoms with E-state index >= 15 is 0 Å². The minimum atomic E-state index is 0. The van der Waals surface area contributed by atoms with Crippen molar-refractivity contribution in [1.82, 2.24) is 10.2 Å². The van der Waals surface area contributed by atoms with Gasteiger partial charge in [-0.25, -0.2) is 0 Å². The van der Waals surface area contributed by atoms with Crippen LogP contribution in [0.2, 0.25) is 0 Å². The quantitative estimate of drug-likeness (QED) is 0.844. The molecule has 1 aliphatic heterocycles. The first-order valence-corrected chi connectivity index (χ1v) is 6.84. The average Bonchev–Trinajstić information content (AvgIpc) is 2.85. The van der Waals surface area contributed by atoms with Gasteiger partial charge in [-0.05, 0) is 45.7 Å². The molecule has 0 spiro atoms. The van der Waals surface area contributed by atoms with Gasteiger partial charge in [0.05, 0.1) is 0 Å². The van der Waals surface area contributed by atoms with E-state index < -0.39 is 0 Å². The first kappa shape index (κ1) is 14.8. The van der Waals surface area contributed by atoms with Gasteiger partial charge in [0.1, 0.15) is 0 Å². The van der Waals surface area contributed by atoms with Crippen molar-refractivity contribution in [2.45, 2.75) is 51.5 Å². The number of carbonyl (C=O) groups excluding carboxylic acids is 1. The highest BCUT2D eigenvalue weighted by Gasteiger charge is 2.30. The van der Waals surface area contributed by atoms with Crippen LogP contribution in [0.5, 0.6) is 0 Å². The summed E-state index contributed by atoms with van der Waals surface area (Å²) in [6, 6.07) is 0.549. The van der Waals surface area contributed by atoms with E-state index in [-0.39, 0.29) is 12.4 Å². The predicted octanol–water partition coefficient (Wildman–Crippen LogP) is 2.20. The van der Waals surface area contributed by atoms with E-state index in [9.17, 15) is 4.79 Å². The Kier molecular flexibility index (Phi) is 6.28. The van der Waals surface area contributed by atoms with Crippen LogP contribution in [0.3, 0.4) is 0 Å². The zero-order valence-electron chi connectivity index (χ0n) is 10.8. The van der Waals surface area contributed by atoms with Crippen LogP contribution >= 0.6 is 12.4 Å². The summed E-state index contributed by atoms with van der Waals surface area (Å²) in [4.78, 5) is 14.6. The van der Waals surface area contributed by atoms with Gasteiger partial charge in [0.15, 0.2) is 0 Å². The molecule has 100 valence electrons. The van der Waals surface area contributed by atoms with Crippen LogP contribution in [0.4, 0.5) is 0 Å². The molecule has 2 aliphatic rings. The fourth-order valence-corrected chi connectivity index (χ4v) is 3.11. The van der Waals surface area contributed by atoms with Crippen LogP contribution in [0, 0.1) is 5.92 Å². The highest BCUT2D eigenvalue weighted by atomic mass is 35.5. The smallest absolute Gasteiger partial charge is 0.226 e. The standard InChI is InChI=1S/C13H24N2O.ClH/c1-2-15(12-5-3-4-6-12)13(16)11-7-9-14-10-8-11;/h11-12,14H,2-10H2,1H3;1H. The highest BCUT2D eigenvalue weighted by molar-refractivity contribution is 5.85. The number of piperidine rings is 1. The molecule has 3 nitrogen and oxygen atoms in total. The summed E-state index contributed by atoms with van der Waals surface area (Å²) >= 11 is 0. The topological polar surface area (TPSA) is 32.3 Å². The van der Waals surface area contributed by atoms with Gasteiger partial charge in [0.2, 0.25) is 5.91 Å². The molecule has 0 unspecified atom stereocenters. The van der Waals surface area contributed by atoms with Crippen molar-refractivity contribution in [3.63, 3.8) is 0 Å². The maximum absolute atomic E-state index is 12.4. The molecule has 0 bridgehead atoms. The fraction of sp³-hybridized carbons (Fsp3) is 0.923. The van der Waals surface area contributed by atoms with Gasteiger partial charge in [-0.1, -0.05) is 12.8 Å². The Balaban J connectivity index is 0.00000144. The summed E-state index contributed by atoms with van der Waals surface area (Å²) in [5, 5.41) is 3.33. The Morgan fingerprint density at radius 3 is 2.29 bits per heavy atom.